The lowest BCUT2D eigenvalue weighted by molar-refractivity contribution is -0.136. The van der Waals surface area contributed by atoms with Gasteiger partial charge in [-0.1, -0.05) is 17.8 Å². The highest BCUT2D eigenvalue weighted by molar-refractivity contribution is 7.99. The molecule has 0 saturated carbocycles. The Labute approximate surface area is 127 Å². The van der Waals surface area contributed by atoms with Gasteiger partial charge in [0.1, 0.15) is 11.9 Å². The standard InChI is InChI=1S/C13H18N4O3S/c1-4-5-17-12(14)15-16-13(17)21-7-9-6-10(8(2)20-9)11(18)19-3/h4,9H,1,5-7H2,2-3H3,(H2,14,15). The number of anilines is 1. The fourth-order valence-corrected chi connectivity index (χ4v) is 3.00. The molecule has 0 radical (unpaired) electrons. The topological polar surface area (TPSA) is 92.3 Å². The molecule has 7 nitrogen and oxygen atoms in total. The normalized spacial score (nSPS) is 17.7. The first-order valence-electron chi connectivity index (χ1n) is 6.43. The maximum atomic E-state index is 11.6. The van der Waals surface area contributed by atoms with Gasteiger partial charge in [0.2, 0.25) is 5.95 Å². The molecular formula is C13H18N4O3S. The number of rotatable bonds is 6. The van der Waals surface area contributed by atoms with E-state index in [4.69, 9.17) is 15.2 Å². The van der Waals surface area contributed by atoms with Gasteiger partial charge in [-0.15, -0.1) is 16.8 Å². The number of carbonyl (C=O) groups is 1. The quantitative estimate of drug-likeness (QED) is 0.482. The Morgan fingerprint density at radius 2 is 2.43 bits per heavy atom. The van der Waals surface area contributed by atoms with E-state index in [-0.39, 0.29) is 12.1 Å². The number of hydrogen-bond acceptors (Lipinski definition) is 7. The summed E-state index contributed by atoms with van der Waals surface area (Å²) in [7, 11) is 1.37. The average molecular weight is 310 g/mol. The Bertz CT molecular complexity index is 582. The summed E-state index contributed by atoms with van der Waals surface area (Å²) in [4.78, 5) is 11.6. The monoisotopic (exact) mass is 310 g/mol. The van der Waals surface area contributed by atoms with E-state index >= 15 is 0 Å². The minimum Gasteiger partial charge on any atom is -0.493 e. The van der Waals surface area contributed by atoms with Gasteiger partial charge >= 0.3 is 5.97 Å². The van der Waals surface area contributed by atoms with Crippen molar-refractivity contribution < 1.29 is 14.3 Å². The number of thioether (sulfide) groups is 1. The van der Waals surface area contributed by atoms with Gasteiger partial charge in [-0.3, -0.25) is 4.57 Å². The maximum Gasteiger partial charge on any atom is 0.337 e. The second-order valence-electron chi connectivity index (χ2n) is 4.52. The predicted molar refractivity (Wildman–Crippen MR) is 79.6 cm³/mol. The molecule has 0 spiro atoms. The lowest BCUT2D eigenvalue weighted by Gasteiger charge is -2.11. The number of nitrogen functional groups attached to an aromatic ring is 1. The predicted octanol–water partition coefficient (Wildman–Crippen LogP) is 1.37. The molecule has 0 bridgehead atoms. The van der Waals surface area contributed by atoms with E-state index < -0.39 is 0 Å². The molecule has 1 aromatic heterocycles. The number of esters is 1. The number of aromatic nitrogens is 3. The Morgan fingerprint density at radius 3 is 3.10 bits per heavy atom. The minimum atomic E-state index is -0.334. The van der Waals surface area contributed by atoms with Gasteiger partial charge in [0, 0.05) is 18.7 Å². The van der Waals surface area contributed by atoms with Crippen LogP contribution in [0.25, 0.3) is 0 Å². The number of nitrogens with two attached hydrogens (primary N) is 1. The molecule has 0 fully saturated rings. The first-order valence-corrected chi connectivity index (χ1v) is 7.42. The fourth-order valence-electron chi connectivity index (χ4n) is 2.05. The molecule has 1 atom stereocenters. The molecule has 0 aliphatic carbocycles. The average Bonchev–Trinajstić information content (AvgIpc) is 3.01. The number of ether oxygens (including phenoxy) is 2. The van der Waals surface area contributed by atoms with Gasteiger partial charge in [0.15, 0.2) is 5.16 Å². The summed E-state index contributed by atoms with van der Waals surface area (Å²) < 4.78 is 12.2. The molecule has 21 heavy (non-hydrogen) atoms. The van der Waals surface area contributed by atoms with E-state index in [0.717, 1.165) is 0 Å². The van der Waals surface area contributed by atoms with Gasteiger partial charge < -0.3 is 15.2 Å². The van der Waals surface area contributed by atoms with Crippen molar-refractivity contribution in [3.8, 4) is 0 Å². The second kappa shape index (κ2) is 6.66. The summed E-state index contributed by atoms with van der Waals surface area (Å²) in [5, 5.41) is 8.58. The van der Waals surface area contributed by atoms with Crippen molar-refractivity contribution in [1.29, 1.82) is 0 Å². The van der Waals surface area contributed by atoms with Crippen molar-refractivity contribution in [3.63, 3.8) is 0 Å². The van der Waals surface area contributed by atoms with Gasteiger partial charge in [0.05, 0.1) is 12.7 Å². The largest absolute Gasteiger partial charge is 0.493 e. The van der Waals surface area contributed by atoms with E-state index in [0.29, 0.717) is 41.2 Å². The molecule has 2 rings (SSSR count). The van der Waals surface area contributed by atoms with Crippen molar-refractivity contribution in [2.75, 3.05) is 18.6 Å². The Morgan fingerprint density at radius 1 is 1.67 bits per heavy atom. The van der Waals surface area contributed by atoms with E-state index in [1.54, 1.807) is 17.6 Å². The highest BCUT2D eigenvalue weighted by Crippen LogP contribution is 2.30. The Kier molecular flexibility index (Phi) is 4.89. The second-order valence-corrected chi connectivity index (χ2v) is 5.51. The molecule has 2 heterocycles. The van der Waals surface area contributed by atoms with Crippen LogP contribution in [-0.2, 0) is 20.8 Å². The van der Waals surface area contributed by atoms with Crippen LogP contribution in [-0.4, -0.2) is 39.7 Å². The van der Waals surface area contributed by atoms with Gasteiger partial charge in [-0.2, -0.15) is 0 Å². The van der Waals surface area contributed by atoms with Crippen LogP contribution in [0, 0.1) is 0 Å². The van der Waals surface area contributed by atoms with Gasteiger partial charge in [0.25, 0.3) is 0 Å². The third kappa shape index (κ3) is 3.38. The lowest BCUT2D eigenvalue weighted by atomic mass is 10.1. The van der Waals surface area contributed by atoms with Crippen molar-refractivity contribution in [2.24, 2.45) is 0 Å². The summed E-state index contributed by atoms with van der Waals surface area (Å²) in [6.45, 7) is 6.01. The highest BCUT2D eigenvalue weighted by Gasteiger charge is 2.29. The van der Waals surface area contributed by atoms with Crippen LogP contribution in [0.15, 0.2) is 29.1 Å². The molecule has 2 N–H and O–H groups in total. The number of carbonyl (C=O) groups excluding carboxylic acids is 1. The van der Waals surface area contributed by atoms with E-state index in [9.17, 15) is 4.79 Å². The minimum absolute atomic E-state index is 0.0841. The number of methoxy groups -OCH3 is 1. The Hall–Kier alpha value is -1.96. The summed E-state index contributed by atoms with van der Waals surface area (Å²) in [6, 6.07) is 0. The first kappa shape index (κ1) is 15.4. The van der Waals surface area contributed by atoms with Crippen LogP contribution < -0.4 is 5.73 Å². The van der Waals surface area contributed by atoms with E-state index in [1.165, 1.54) is 18.9 Å². The van der Waals surface area contributed by atoms with Crippen LogP contribution in [0.2, 0.25) is 0 Å². The SMILES string of the molecule is C=CCn1c(N)nnc1SCC1CC(C(=O)OC)=C(C)O1. The maximum absolute atomic E-state index is 11.6. The zero-order valence-electron chi connectivity index (χ0n) is 12.0. The smallest absolute Gasteiger partial charge is 0.337 e. The van der Waals surface area contributed by atoms with E-state index in [2.05, 4.69) is 16.8 Å². The molecule has 114 valence electrons. The molecule has 0 saturated heterocycles. The van der Waals surface area contributed by atoms with Crippen LogP contribution >= 0.6 is 11.8 Å². The molecule has 1 aromatic rings. The van der Waals surface area contributed by atoms with Crippen molar-refractivity contribution in [3.05, 3.63) is 24.0 Å². The lowest BCUT2D eigenvalue weighted by Crippen LogP contribution is -2.12. The number of allylic oxidation sites excluding steroid dienone is 2. The first-order chi connectivity index (χ1) is 10.1. The van der Waals surface area contributed by atoms with Crippen molar-refractivity contribution in [1.82, 2.24) is 14.8 Å². The van der Waals surface area contributed by atoms with Gasteiger partial charge in [-0.05, 0) is 6.92 Å². The van der Waals surface area contributed by atoms with Crippen molar-refractivity contribution in [2.45, 2.75) is 31.1 Å². The summed E-state index contributed by atoms with van der Waals surface area (Å²) in [5.41, 5.74) is 6.33. The molecule has 0 amide bonds. The molecule has 8 heteroatoms. The summed E-state index contributed by atoms with van der Waals surface area (Å²) in [6.07, 6.45) is 2.19. The van der Waals surface area contributed by atoms with Crippen LogP contribution in [0.4, 0.5) is 5.95 Å². The molecule has 1 unspecified atom stereocenters. The zero-order valence-corrected chi connectivity index (χ0v) is 12.9. The van der Waals surface area contributed by atoms with Gasteiger partial charge in [-0.25, -0.2) is 4.79 Å². The Balaban J connectivity index is 1.94. The molecular weight excluding hydrogens is 292 g/mol. The van der Waals surface area contributed by atoms with E-state index in [1.807, 2.05) is 0 Å². The number of nitrogens with zero attached hydrogens (tertiary/aromatic N) is 3. The summed E-state index contributed by atoms with van der Waals surface area (Å²) in [5.74, 6) is 1.29. The highest BCUT2D eigenvalue weighted by atomic mass is 32.2. The number of hydrogen-bond donors (Lipinski definition) is 1. The molecule has 1 aliphatic heterocycles. The van der Waals surface area contributed by atoms with Crippen LogP contribution in [0.1, 0.15) is 13.3 Å². The fraction of sp³-hybridized carbons (Fsp3) is 0.462. The van der Waals surface area contributed by atoms with Crippen LogP contribution in [0.5, 0.6) is 0 Å². The van der Waals surface area contributed by atoms with Crippen LogP contribution in [0.3, 0.4) is 0 Å². The third-order valence-electron chi connectivity index (χ3n) is 3.09. The molecule has 1 aliphatic rings. The molecule has 0 aromatic carbocycles. The summed E-state index contributed by atoms with van der Waals surface area (Å²) >= 11 is 1.49. The zero-order chi connectivity index (χ0) is 15.4. The third-order valence-corrected chi connectivity index (χ3v) is 4.19. The van der Waals surface area contributed by atoms with Crippen molar-refractivity contribution >= 4 is 23.7 Å².